The molecule has 2 aliphatic rings. The van der Waals surface area contributed by atoms with Crippen molar-refractivity contribution in [1.29, 1.82) is 0 Å². The molecule has 2 bridgehead atoms. The molecule has 84 valence electrons. The lowest BCUT2D eigenvalue weighted by molar-refractivity contribution is 0.0280. The average Bonchev–Trinajstić information content (AvgIpc) is 2.25. The number of terminal acetylenes is 1. The van der Waals surface area contributed by atoms with Crippen LogP contribution in [-0.2, 0) is 0 Å². The smallest absolute Gasteiger partial charge is 0.0214 e. The van der Waals surface area contributed by atoms with Gasteiger partial charge < -0.3 is 5.32 Å². The summed E-state index contributed by atoms with van der Waals surface area (Å²) in [4.78, 5) is 2.68. The first kappa shape index (κ1) is 11.0. The lowest BCUT2D eigenvalue weighted by atomic mass is 9.81. The van der Waals surface area contributed by atoms with Crippen molar-refractivity contribution < 1.29 is 0 Å². The summed E-state index contributed by atoms with van der Waals surface area (Å²) in [6, 6.07) is 2.33. The zero-order valence-corrected chi connectivity index (χ0v) is 9.71. The van der Waals surface area contributed by atoms with Gasteiger partial charge in [-0.15, -0.1) is 12.3 Å². The van der Waals surface area contributed by atoms with Gasteiger partial charge in [-0.1, -0.05) is 6.42 Å². The SMILES string of the molecule is C#CCCN1C2CCCC1CC(NC)C2. The van der Waals surface area contributed by atoms with Crippen LogP contribution in [0.3, 0.4) is 0 Å². The van der Waals surface area contributed by atoms with Crippen molar-refractivity contribution in [3.8, 4) is 12.3 Å². The van der Waals surface area contributed by atoms with Gasteiger partial charge in [-0.3, -0.25) is 4.90 Å². The van der Waals surface area contributed by atoms with Crippen molar-refractivity contribution in [2.24, 2.45) is 0 Å². The number of piperidine rings is 2. The van der Waals surface area contributed by atoms with Crippen molar-refractivity contribution >= 4 is 0 Å². The molecule has 2 heterocycles. The fourth-order valence-electron chi connectivity index (χ4n) is 3.27. The van der Waals surface area contributed by atoms with Gasteiger partial charge in [0.25, 0.3) is 0 Å². The largest absolute Gasteiger partial charge is 0.317 e. The molecule has 2 nitrogen and oxygen atoms in total. The van der Waals surface area contributed by atoms with Crippen LogP contribution in [0.15, 0.2) is 0 Å². The van der Waals surface area contributed by atoms with Crippen LogP contribution in [0.2, 0.25) is 0 Å². The van der Waals surface area contributed by atoms with E-state index in [9.17, 15) is 0 Å². The first-order valence-electron chi connectivity index (χ1n) is 6.21. The van der Waals surface area contributed by atoms with Crippen molar-refractivity contribution in [2.75, 3.05) is 13.6 Å². The molecule has 0 aromatic rings. The molecule has 1 N–H and O–H groups in total. The summed E-state index contributed by atoms with van der Waals surface area (Å²) >= 11 is 0. The number of nitrogens with zero attached hydrogens (tertiary/aromatic N) is 1. The Bertz CT molecular complexity index is 229. The first-order valence-corrected chi connectivity index (χ1v) is 6.21. The Labute approximate surface area is 93.4 Å². The third-order valence-corrected chi connectivity index (χ3v) is 4.05. The lowest BCUT2D eigenvalue weighted by Gasteiger charge is -2.48. The predicted molar refractivity (Wildman–Crippen MR) is 63.7 cm³/mol. The molecule has 2 heteroatoms. The summed E-state index contributed by atoms with van der Waals surface area (Å²) in [7, 11) is 2.09. The van der Waals surface area contributed by atoms with Gasteiger partial charge in [-0.25, -0.2) is 0 Å². The Balaban J connectivity index is 1.97. The van der Waals surface area contributed by atoms with E-state index in [0.717, 1.165) is 31.1 Å². The van der Waals surface area contributed by atoms with Crippen LogP contribution in [0.1, 0.15) is 38.5 Å². The average molecular weight is 206 g/mol. The van der Waals surface area contributed by atoms with E-state index in [1.54, 1.807) is 0 Å². The van der Waals surface area contributed by atoms with E-state index in [1.165, 1.54) is 32.1 Å². The highest BCUT2D eigenvalue weighted by molar-refractivity contribution is 4.96. The minimum atomic E-state index is 0.738. The Morgan fingerprint density at radius 2 is 2.00 bits per heavy atom. The van der Waals surface area contributed by atoms with Crippen molar-refractivity contribution in [3.05, 3.63) is 0 Å². The number of hydrogen-bond acceptors (Lipinski definition) is 2. The van der Waals surface area contributed by atoms with E-state index in [0.29, 0.717) is 0 Å². The highest BCUT2D eigenvalue weighted by atomic mass is 15.2. The fourth-order valence-corrected chi connectivity index (χ4v) is 3.27. The van der Waals surface area contributed by atoms with E-state index in [2.05, 4.69) is 23.2 Å². The van der Waals surface area contributed by atoms with E-state index >= 15 is 0 Å². The minimum absolute atomic E-state index is 0.738. The van der Waals surface area contributed by atoms with Crippen LogP contribution >= 0.6 is 0 Å². The number of nitrogens with one attached hydrogen (secondary N) is 1. The second kappa shape index (κ2) is 5.01. The van der Waals surface area contributed by atoms with Gasteiger partial charge in [-0.05, 0) is 32.7 Å². The molecule has 0 aromatic carbocycles. The molecule has 2 fully saturated rings. The predicted octanol–water partition coefficient (Wildman–Crippen LogP) is 1.61. The summed E-state index contributed by atoms with van der Waals surface area (Å²) in [5, 5.41) is 3.44. The van der Waals surface area contributed by atoms with Gasteiger partial charge >= 0.3 is 0 Å². The van der Waals surface area contributed by atoms with E-state index in [1.807, 2.05) is 0 Å². The van der Waals surface area contributed by atoms with Gasteiger partial charge in [0.05, 0.1) is 0 Å². The lowest BCUT2D eigenvalue weighted by Crippen LogP contribution is -2.55. The third-order valence-electron chi connectivity index (χ3n) is 4.05. The van der Waals surface area contributed by atoms with Crippen LogP contribution in [0.4, 0.5) is 0 Å². The zero-order valence-electron chi connectivity index (χ0n) is 9.71. The molecule has 0 spiro atoms. The van der Waals surface area contributed by atoms with Crippen LogP contribution in [0.25, 0.3) is 0 Å². The summed E-state index contributed by atoms with van der Waals surface area (Å²) in [6.45, 7) is 1.11. The summed E-state index contributed by atoms with van der Waals surface area (Å²) in [5.41, 5.74) is 0. The number of fused-ring (bicyclic) bond motifs is 2. The molecular weight excluding hydrogens is 184 g/mol. The molecule has 15 heavy (non-hydrogen) atoms. The van der Waals surface area contributed by atoms with Gasteiger partial charge in [0.2, 0.25) is 0 Å². The Kier molecular flexibility index (Phi) is 3.66. The first-order chi connectivity index (χ1) is 7.35. The maximum atomic E-state index is 5.36. The topological polar surface area (TPSA) is 15.3 Å². The quantitative estimate of drug-likeness (QED) is 0.706. The molecule has 2 atom stereocenters. The van der Waals surface area contributed by atoms with Crippen molar-refractivity contribution in [1.82, 2.24) is 10.2 Å². The van der Waals surface area contributed by atoms with E-state index in [4.69, 9.17) is 6.42 Å². The molecule has 2 saturated heterocycles. The monoisotopic (exact) mass is 206 g/mol. The zero-order chi connectivity index (χ0) is 10.7. The van der Waals surface area contributed by atoms with Crippen LogP contribution in [0, 0.1) is 12.3 Å². The highest BCUT2D eigenvalue weighted by Crippen LogP contribution is 2.33. The van der Waals surface area contributed by atoms with Crippen molar-refractivity contribution in [2.45, 2.75) is 56.7 Å². The molecule has 0 aromatic heterocycles. The van der Waals surface area contributed by atoms with Gasteiger partial charge in [-0.2, -0.15) is 0 Å². The molecule has 0 saturated carbocycles. The highest BCUT2D eigenvalue weighted by Gasteiger charge is 2.36. The Morgan fingerprint density at radius 3 is 2.53 bits per heavy atom. The molecule has 0 aliphatic carbocycles. The van der Waals surface area contributed by atoms with Crippen LogP contribution in [-0.4, -0.2) is 36.6 Å². The Hall–Kier alpha value is -0.520. The standard InChI is InChI=1S/C13H22N2/c1-3-4-8-15-12-6-5-7-13(15)10-11(9-12)14-2/h1,11-14H,4-10H2,2H3. The fraction of sp³-hybridized carbons (Fsp3) is 0.846. The summed E-state index contributed by atoms with van der Waals surface area (Å²) < 4.78 is 0. The summed E-state index contributed by atoms with van der Waals surface area (Å²) in [5.74, 6) is 2.77. The number of hydrogen-bond donors (Lipinski definition) is 1. The van der Waals surface area contributed by atoms with E-state index < -0.39 is 0 Å². The second-order valence-electron chi connectivity index (χ2n) is 4.89. The van der Waals surface area contributed by atoms with Crippen LogP contribution < -0.4 is 5.32 Å². The van der Waals surface area contributed by atoms with Gasteiger partial charge in [0.15, 0.2) is 0 Å². The maximum absolute atomic E-state index is 5.36. The van der Waals surface area contributed by atoms with Gasteiger partial charge in [0, 0.05) is 31.1 Å². The molecule has 2 rings (SSSR count). The molecule has 2 unspecified atom stereocenters. The molecule has 2 aliphatic heterocycles. The van der Waals surface area contributed by atoms with Crippen LogP contribution in [0.5, 0.6) is 0 Å². The molecule has 0 radical (unpaired) electrons. The van der Waals surface area contributed by atoms with Gasteiger partial charge in [0.1, 0.15) is 0 Å². The maximum Gasteiger partial charge on any atom is 0.0214 e. The van der Waals surface area contributed by atoms with E-state index in [-0.39, 0.29) is 0 Å². The minimum Gasteiger partial charge on any atom is -0.317 e. The normalized spacial score (nSPS) is 36.1. The number of rotatable bonds is 3. The second-order valence-corrected chi connectivity index (χ2v) is 4.89. The molecular formula is C13H22N2. The third kappa shape index (κ3) is 2.35. The summed E-state index contributed by atoms with van der Waals surface area (Å²) in [6.07, 6.45) is 13.1. The van der Waals surface area contributed by atoms with Crippen molar-refractivity contribution in [3.63, 3.8) is 0 Å². The Morgan fingerprint density at radius 1 is 1.33 bits per heavy atom. The molecule has 0 amide bonds.